The summed E-state index contributed by atoms with van der Waals surface area (Å²) in [5, 5.41) is 1.07. The molecule has 1 unspecified atom stereocenters. The maximum absolute atomic E-state index is 6.14. The lowest BCUT2D eigenvalue weighted by Gasteiger charge is -2.14. The van der Waals surface area contributed by atoms with Gasteiger partial charge in [0.15, 0.2) is 0 Å². The minimum absolute atomic E-state index is 0.259. The van der Waals surface area contributed by atoms with E-state index in [0.29, 0.717) is 6.54 Å². The molecule has 0 aliphatic heterocycles. The molecule has 0 saturated heterocycles. The van der Waals surface area contributed by atoms with Gasteiger partial charge in [0.05, 0.1) is 0 Å². The van der Waals surface area contributed by atoms with Crippen molar-refractivity contribution in [2.45, 2.75) is 11.0 Å². The van der Waals surface area contributed by atoms with Gasteiger partial charge in [0.2, 0.25) is 0 Å². The second kappa shape index (κ2) is 6.78. The van der Waals surface area contributed by atoms with Crippen LogP contribution in [-0.2, 0) is 5.75 Å². The zero-order valence-corrected chi connectivity index (χ0v) is 11.5. The molecule has 0 saturated carbocycles. The smallest absolute Gasteiger partial charge is 0.0446 e. The Kier molecular flexibility index (Phi) is 5.05. The highest BCUT2D eigenvalue weighted by Gasteiger charge is 2.11. The molecule has 1 atom stereocenters. The van der Waals surface area contributed by atoms with Gasteiger partial charge in [-0.15, -0.1) is 11.8 Å². The number of nitrogens with two attached hydrogens (primary N) is 1. The fourth-order valence-corrected chi connectivity index (χ4v) is 3.05. The van der Waals surface area contributed by atoms with Crippen LogP contribution in [0.3, 0.4) is 0 Å². The van der Waals surface area contributed by atoms with Gasteiger partial charge in [-0.25, -0.2) is 0 Å². The predicted octanol–water partition coefficient (Wildman–Crippen LogP) is 3.67. The first-order valence-corrected chi connectivity index (χ1v) is 7.19. The van der Waals surface area contributed by atoms with Crippen molar-refractivity contribution in [3.05, 3.63) is 64.9 Å². The Labute approximate surface area is 117 Å². The van der Waals surface area contributed by atoms with E-state index in [0.717, 1.165) is 21.9 Å². The standard InChI is InChI=1S/C14H15ClN2S/c15-13-6-2-1-4-12(13)10-18-14(8-16)11-5-3-7-17-9-11/h1-7,9,14H,8,10,16H2. The van der Waals surface area contributed by atoms with Gasteiger partial charge in [-0.1, -0.05) is 35.9 Å². The van der Waals surface area contributed by atoms with E-state index in [1.165, 1.54) is 0 Å². The average molecular weight is 279 g/mol. The molecule has 2 aromatic rings. The van der Waals surface area contributed by atoms with Crippen molar-refractivity contribution < 1.29 is 0 Å². The molecule has 0 fully saturated rings. The molecule has 2 nitrogen and oxygen atoms in total. The summed E-state index contributed by atoms with van der Waals surface area (Å²) in [5.41, 5.74) is 8.13. The summed E-state index contributed by atoms with van der Waals surface area (Å²) in [7, 11) is 0. The minimum atomic E-state index is 0.259. The molecule has 0 radical (unpaired) electrons. The summed E-state index contributed by atoms with van der Waals surface area (Å²) in [6.45, 7) is 0.598. The van der Waals surface area contributed by atoms with Crippen LogP contribution < -0.4 is 5.73 Å². The van der Waals surface area contributed by atoms with Gasteiger partial charge in [-0.05, 0) is 23.3 Å². The predicted molar refractivity (Wildman–Crippen MR) is 78.8 cm³/mol. The van der Waals surface area contributed by atoms with E-state index in [4.69, 9.17) is 17.3 Å². The van der Waals surface area contributed by atoms with E-state index < -0.39 is 0 Å². The van der Waals surface area contributed by atoms with Crippen LogP contribution in [0.15, 0.2) is 48.8 Å². The minimum Gasteiger partial charge on any atom is -0.329 e. The molecule has 1 heterocycles. The van der Waals surface area contributed by atoms with Crippen LogP contribution in [0, 0.1) is 0 Å². The summed E-state index contributed by atoms with van der Waals surface area (Å²) < 4.78 is 0. The van der Waals surface area contributed by atoms with E-state index in [9.17, 15) is 0 Å². The quantitative estimate of drug-likeness (QED) is 0.907. The molecular formula is C14H15ClN2S. The lowest BCUT2D eigenvalue weighted by Crippen LogP contribution is -2.09. The summed E-state index contributed by atoms with van der Waals surface area (Å²) in [6, 6.07) is 11.9. The maximum atomic E-state index is 6.14. The van der Waals surface area contributed by atoms with E-state index in [1.54, 1.807) is 18.0 Å². The van der Waals surface area contributed by atoms with Crippen molar-refractivity contribution >= 4 is 23.4 Å². The van der Waals surface area contributed by atoms with Gasteiger partial charge in [0.25, 0.3) is 0 Å². The first kappa shape index (κ1) is 13.4. The highest BCUT2D eigenvalue weighted by molar-refractivity contribution is 7.98. The summed E-state index contributed by atoms with van der Waals surface area (Å²) in [5.74, 6) is 0.858. The Morgan fingerprint density at radius 3 is 2.72 bits per heavy atom. The van der Waals surface area contributed by atoms with Crippen molar-refractivity contribution in [3.63, 3.8) is 0 Å². The van der Waals surface area contributed by atoms with Crippen LogP contribution in [-0.4, -0.2) is 11.5 Å². The molecule has 0 aliphatic carbocycles. The molecule has 0 aliphatic rings. The van der Waals surface area contributed by atoms with Gasteiger partial charge in [0, 0.05) is 35.0 Å². The molecule has 0 bridgehead atoms. The second-order valence-electron chi connectivity index (χ2n) is 3.91. The number of benzene rings is 1. The van der Waals surface area contributed by atoms with Crippen LogP contribution in [0.1, 0.15) is 16.4 Å². The maximum Gasteiger partial charge on any atom is 0.0446 e. The van der Waals surface area contributed by atoms with Crippen molar-refractivity contribution in [1.29, 1.82) is 0 Å². The normalized spacial score (nSPS) is 12.3. The Morgan fingerprint density at radius 1 is 1.22 bits per heavy atom. The topological polar surface area (TPSA) is 38.9 Å². The number of halogens is 1. The lowest BCUT2D eigenvalue weighted by atomic mass is 10.2. The van der Waals surface area contributed by atoms with Gasteiger partial charge in [-0.2, -0.15) is 0 Å². The summed E-state index contributed by atoms with van der Waals surface area (Å²) in [6.07, 6.45) is 3.65. The fraction of sp³-hybridized carbons (Fsp3) is 0.214. The Hall–Kier alpha value is -1.03. The Morgan fingerprint density at radius 2 is 2.06 bits per heavy atom. The van der Waals surface area contributed by atoms with Gasteiger partial charge in [-0.3, -0.25) is 4.98 Å². The molecular weight excluding hydrogens is 264 g/mol. The van der Waals surface area contributed by atoms with Crippen LogP contribution in [0.4, 0.5) is 0 Å². The van der Waals surface area contributed by atoms with Crippen LogP contribution >= 0.6 is 23.4 Å². The summed E-state index contributed by atoms with van der Waals surface area (Å²) >= 11 is 7.93. The van der Waals surface area contributed by atoms with E-state index >= 15 is 0 Å². The van der Waals surface area contributed by atoms with Crippen molar-refractivity contribution in [3.8, 4) is 0 Å². The Bertz CT molecular complexity index is 490. The average Bonchev–Trinajstić information content (AvgIpc) is 2.42. The number of hydrogen-bond donors (Lipinski definition) is 1. The molecule has 2 rings (SSSR count). The summed E-state index contributed by atoms with van der Waals surface area (Å²) in [4.78, 5) is 4.13. The molecule has 4 heteroatoms. The zero-order valence-electron chi connectivity index (χ0n) is 9.92. The van der Waals surface area contributed by atoms with E-state index in [1.807, 2.05) is 36.5 Å². The molecule has 0 spiro atoms. The third-order valence-corrected chi connectivity index (χ3v) is 4.38. The largest absolute Gasteiger partial charge is 0.329 e. The van der Waals surface area contributed by atoms with Crippen molar-refractivity contribution in [2.24, 2.45) is 5.73 Å². The molecule has 0 amide bonds. The first-order valence-electron chi connectivity index (χ1n) is 5.76. The first-order chi connectivity index (χ1) is 8.81. The van der Waals surface area contributed by atoms with Crippen LogP contribution in [0.5, 0.6) is 0 Å². The van der Waals surface area contributed by atoms with Crippen molar-refractivity contribution in [1.82, 2.24) is 4.98 Å². The number of thioether (sulfide) groups is 1. The monoisotopic (exact) mass is 278 g/mol. The van der Waals surface area contributed by atoms with E-state index in [2.05, 4.69) is 11.1 Å². The van der Waals surface area contributed by atoms with Gasteiger partial charge >= 0.3 is 0 Å². The zero-order chi connectivity index (χ0) is 12.8. The van der Waals surface area contributed by atoms with Crippen LogP contribution in [0.2, 0.25) is 5.02 Å². The van der Waals surface area contributed by atoms with Crippen molar-refractivity contribution in [2.75, 3.05) is 6.54 Å². The molecule has 18 heavy (non-hydrogen) atoms. The highest BCUT2D eigenvalue weighted by Crippen LogP contribution is 2.31. The van der Waals surface area contributed by atoms with Gasteiger partial charge in [0.1, 0.15) is 0 Å². The number of hydrogen-bond acceptors (Lipinski definition) is 3. The number of rotatable bonds is 5. The SMILES string of the molecule is NCC(SCc1ccccc1Cl)c1cccnc1. The third kappa shape index (κ3) is 3.48. The van der Waals surface area contributed by atoms with E-state index in [-0.39, 0.29) is 5.25 Å². The number of aromatic nitrogens is 1. The second-order valence-corrected chi connectivity index (χ2v) is 5.51. The van der Waals surface area contributed by atoms with Crippen LogP contribution in [0.25, 0.3) is 0 Å². The lowest BCUT2D eigenvalue weighted by molar-refractivity contribution is 0.931. The number of pyridine rings is 1. The molecule has 94 valence electrons. The third-order valence-electron chi connectivity index (χ3n) is 2.67. The molecule has 1 aromatic carbocycles. The number of nitrogens with zero attached hydrogens (tertiary/aromatic N) is 1. The molecule has 2 N–H and O–H groups in total. The fourth-order valence-electron chi connectivity index (χ4n) is 1.67. The molecule has 1 aromatic heterocycles. The van der Waals surface area contributed by atoms with Gasteiger partial charge < -0.3 is 5.73 Å². The Balaban J connectivity index is 2.02. The highest BCUT2D eigenvalue weighted by atomic mass is 35.5.